The summed E-state index contributed by atoms with van der Waals surface area (Å²) in [7, 11) is 0. The summed E-state index contributed by atoms with van der Waals surface area (Å²) in [6.07, 6.45) is -3.27. The fraction of sp³-hybridized carbons (Fsp3) is 0.261. The van der Waals surface area contributed by atoms with Gasteiger partial charge in [0, 0.05) is 29.9 Å². The van der Waals surface area contributed by atoms with Crippen LogP contribution in [0.25, 0.3) is 0 Å². The topological polar surface area (TPSA) is 58.4 Å². The maximum atomic E-state index is 13.2. The van der Waals surface area contributed by atoms with E-state index in [9.17, 15) is 22.8 Å². The SMILES string of the molecule is CC(=O)N(c1ccc(Cl)cc1)[C@@H]1C[C@H](C)N(C(=O)n2ccc(C(F)(F)F)n2)c2ccccc21. The van der Waals surface area contributed by atoms with E-state index in [0.29, 0.717) is 33.1 Å². The predicted molar refractivity (Wildman–Crippen MR) is 118 cm³/mol. The fourth-order valence-electron chi connectivity index (χ4n) is 4.19. The molecule has 33 heavy (non-hydrogen) atoms. The van der Waals surface area contributed by atoms with Crippen molar-refractivity contribution in [3.8, 4) is 0 Å². The lowest BCUT2D eigenvalue weighted by Crippen LogP contribution is -2.49. The average molecular weight is 477 g/mol. The highest BCUT2D eigenvalue weighted by Gasteiger charge is 2.39. The quantitative estimate of drug-likeness (QED) is 0.461. The molecule has 2 aromatic carbocycles. The minimum absolute atomic E-state index is 0.189. The summed E-state index contributed by atoms with van der Waals surface area (Å²) < 4.78 is 39.6. The Hall–Kier alpha value is -3.33. The van der Waals surface area contributed by atoms with Crippen LogP contribution < -0.4 is 9.80 Å². The highest BCUT2D eigenvalue weighted by atomic mass is 35.5. The molecule has 0 unspecified atom stereocenters. The predicted octanol–water partition coefficient (Wildman–Crippen LogP) is 5.92. The Labute approximate surface area is 193 Å². The third-order valence-electron chi connectivity index (χ3n) is 5.60. The van der Waals surface area contributed by atoms with Gasteiger partial charge in [-0.3, -0.25) is 9.69 Å². The second-order valence-electron chi connectivity index (χ2n) is 7.82. The molecule has 2 amide bonds. The van der Waals surface area contributed by atoms with Gasteiger partial charge in [0.05, 0.1) is 11.7 Å². The van der Waals surface area contributed by atoms with Crippen molar-refractivity contribution in [1.29, 1.82) is 0 Å². The average Bonchev–Trinajstić information content (AvgIpc) is 3.26. The summed E-state index contributed by atoms with van der Waals surface area (Å²) in [6.45, 7) is 3.25. The lowest BCUT2D eigenvalue weighted by Gasteiger charge is -2.43. The minimum Gasteiger partial charge on any atom is -0.305 e. The Morgan fingerprint density at radius 1 is 1.09 bits per heavy atom. The van der Waals surface area contributed by atoms with E-state index < -0.39 is 23.9 Å². The van der Waals surface area contributed by atoms with E-state index in [0.717, 1.165) is 12.3 Å². The van der Waals surface area contributed by atoms with E-state index in [-0.39, 0.29) is 11.9 Å². The maximum Gasteiger partial charge on any atom is 0.435 e. The van der Waals surface area contributed by atoms with Crippen LogP contribution in [0.5, 0.6) is 0 Å². The number of amides is 2. The van der Waals surface area contributed by atoms with Gasteiger partial charge in [-0.1, -0.05) is 29.8 Å². The van der Waals surface area contributed by atoms with Gasteiger partial charge in [-0.2, -0.15) is 23.0 Å². The molecular weight excluding hydrogens is 457 g/mol. The largest absolute Gasteiger partial charge is 0.435 e. The molecule has 1 aromatic heterocycles. The molecule has 0 spiro atoms. The lowest BCUT2D eigenvalue weighted by atomic mass is 9.90. The molecule has 0 saturated heterocycles. The molecule has 4 rings (SSSR count). The molecule has 0 fully saturated rings. The van der Waals surface area contributed by atoms with Crippen LogP contribution in [-0.4, -0.2) is 27.8 Å². The van der Waals surface area contributed by atoms with Crippen LogP contribution in [0.15, 0.2) is 60.8 Å². The van der Waals surface area contributed by atoms with Crippen molar-refractivity contribution in [1.82, 2.24) is 9.78 Å². The number of carbonyl (C=O) groups excluding carboxylic acids is 2. The normalized spacial score (nSPS) is 18.1. The number of benzene rings is 2. The first-order chi connectivity index (χ1) is 15.6. The van der Waals surface area contributed by atoms with Gasteiger partial charge in [-0.25, -0.2) is 4.79 Å². The Morgan fingerprint density at radius 2 is 1.76 bits per heavy atom. The zero-order valence-corrected chi connectivity index (χ0v) is 18.5. The van der Waals surface area contributed by atoms with E-state index in [1.807, 2.05) is 6.07 Å². The summed E-state index contributed by atoms with van der Waals surface area (Å²) in [4.78, 5) is 28.9. The second kappa shape index (κ2) is 8.55. The van der Waals surface area contributed by atoms with Crippen molar-refractivity contribution in [2.24, 2.45) is 0 Å². The van der Waals surface area contributed by atoms with Gasteiger partial charge >= 0.3 is 12.2 Å². The van der Waals surface area contributed by atoms with Crippen LogP contribution in [0.2, 0.25) is 5.02 Å². The molecular formula is C23H20ClF3N4O2. The van der Waals surface area contributed by atoms with Crippen molar-refractivity contribution in [3.63, 3.8) is 0 Å². The molecule has 1 aliphatic rings. The van der Waals surface area contributed by atoms with Crippen molar-refractivity contribution >= 4 is 34.9 Å². The highest BCUT2D eigenvalue weighted by Crippen LogP contribution is 2.42. The molecule has 1 aliphatic heterocycles. The first-order valence-electron chi connectivity index (χ1n) is 10.2. The summed E-state index contributed by atoms with van der Waals surface area (Å²) >= 11 is 6.00. The Balaban J connectivity index is 1.75. The molecule has 0 bridgehead atoms. The molecule has 10 heteroatoms. The van der Waals surface area contributed by atoms with Gasteiger partial charge in [0.2, 0.25) is 5.91 Å². The number of alkyl halides is 3. The van der Waals surface area contributed by atoms with Crippen molar-refractivity contribution < 1.29 is 22.8 Å². The van der Waals surface area contributed by atoms with Gasteiger partial charge in [-0.15, -0.1) is 0 Å². The molecule has 0 saturated carbocycles. The second-order valence-corrected chi connectivity index (χ2v) is 8.26. The number of carbonyl (C=O) groups is 2. The third-order valence-corrected chi connectivity index (χ3v) is 5.85. The van der Waals surface area contributed by atoms with Gasteiger partial charge in [0.25, 0.3) is 0 Å². The summed E-state index contributed by atoms with van der Waals surface area (Å²) in [5.41, 5.74) is 0.727. The molecule has 2 heterocycles. The maximum absolute atomic E-state index is 13.2. The molecule has 0 N–H and O–H groups in total. The van der Waals surface area contributed by atoms with E-state index in [4.69, 9.17) is 11.6 Å². The first-order valence-corrected chi connectivity index (χ1v) is 10.6. The third kappa shape index (κ3) is 4.32. The summed E-state index contributed by atoms with van der Waals surface area (Å²) in [6, 6.07) is 13.2. The van der Waals surface area contributed by atoms with E-state index >= 15 is 0 Å². The Kier molecular flexibility index (Phi) is 5.92. The van der Waals surface area contributed by atoms with Crippen LogP contribution in [0.4, 0.5) is 29.3 Å². The monoisotopic (exact) mass is 476 g/mol. The number of fused-ring (bicyclic) bond motifs is 1. The number of aromatic nitrogens is 2. The lowest BCUT2D eigenvalue weighted by molar-refractivity contribution is -0.141. The number of anilines is 2. The molecule has 2 atom stereocenters. The first kappa shape index (κ1) is 22.8. The molecule has 0 radical (unpaired) electrons. The summed E-state index contributed by atoms with van der Waals surface area (Å²) in [5, 5.41) is 3.96. The molecule has 0 aliphatic carbocycles. The smallest absolute Gasteiger partial charge is 0.305 e. The minimum atomic E-state index is -4.65. The standard InChI is InChI=1S/C23H20ClF3N4O2/c1-14-13-20(31(15(2)32)17-9-7-16(24)8-10-17)18-5-3-4-6-19(18)30(14)22(33)29-12-11-21(28-29)23(25,26)27/h3-12,14,20H,13H2,1-2H3/t14-,20+/m0/s1. The molecule has 172 valence electrons. The number of hydrogen-bond donors (Lipinski definition) is 0. The summed E-state index contributed by atoms with van der Waals surface area (Å²) in [5.74, 6) is -0.189. The Bertz CT molecular complexity index is 1190. The number of nitrogens with zero attached hydrogens (tertiary/aromatic N) is 4. The van der Waals surface area contributed by atoms with Crippen LogP contribution in [-0.2, 0) is 11.0 Å². The van der Waals surface area contributed by atoms with Crippen LogP contribution in [0.3, 0.4) is 0 Å². The van der Waals surface area contributed by atoms with E-state index in [1.165, 1.54) is 11.8 Å². The van der Waals surface area contributed by atoms with Crippen LogP contribution in [0, 0.1) is 0 Å². The number of halogens is 4. The van der Waals surface area contributed by atoms with Crippen molar-refractivity contribution in [3.05, 3.63) is 77.1 Å². The Morgan fingerprint density at radius 3 is 2.36 bits per heavy atom. The van der Waals surface area contributed by atoms with Gasteiger partial charge in [0.15, 0.2) is 5.69 Å². The van der Waals surface area contributed by atoms with E-state index in [2.05, 4.69) is 5.10 Å². The van der Waals surface area contributed by atoms with E-state index in [1.54, 1.807) is 54.3 Å². The van der Waals surface area contributed by atoms with Gasteiger partial charge in [0.1, 0.15) is 0 Å². The van der Waals surface area contributed by atoms with Crippen molar-refractivity contribution in [2.45, 2.75) is 38.5 Å². The zero-order valence-electron chi connectivity index (χ0n) is 17.8. The zero-order chi connectivity index (χ0) is 23.9. The van der Waals surface area contributed by atoms with Gasteiger partial charge < -0.3 is 4.90 Å². The number of rotatable bonds is 2. The van der Waals surface area contributed by atoms with Crippen LogP contribution in [0.1, 0.15) is 37.6 Å². The molecule has 3 aromatic rings. The number of hydrogen-bond acceptors (Lipinski definition) is 3. The number of para-hydroxylation sites is 1. The van der Waals surface area contributed by atoms with Crippen LogP contribution >= 0.6 is 11.6 Å². The van der Waals surface area contributed by atoms with Gasteiger partial charge in [-0.05, 0) is 55.3 Å². The fourth-order valence-corrected chi connectivity index (χ4v) is 4.32. The van der Waals surface area contributed by atoms with Crippen molar-refractivity contribution in [2.75, 3.05) is 9.80 Å². The highest BCUT2D eigenvalue weighted by molar-refractivity contribution is 6.30. The molecule has 6 nitrogen and oxygen atoms in total.